The quantitative estimate of drug-likeness (QED) is 0.633. The van der Waals surface area contributed by atoms with Crippen LogP contribution in [0, 0.1) is 11.3 Å². The molecule has 0 radical (unpaired) electrons. The molecule has 0 saturated carbocycles. The van der Waals surface area contributed by atoms with Crippen LogP contribution in [-0.2, 0) is 0 Å². The summed E-state index contributed by atoms with van der Waals surface area (Å²) >= 11 is 0. The van der Waals surface area contributed by atoms with Crippen LogP contribution in [0.5, 0.6) is 5.75 Å². The zero-order chi connectivity index (χ0) is 22.1. The van der Waals surface area contributed by atoms with Gasteiger partial charge in [-0.05, 0) is 31.0 Å². The Labute approximate surface area is 186 Å². The lowest BCUT2D eigenvalue weighted by Crippen LogP contribution is -2.55. The maximum atomic E-state index is 13.5. The number of carbonyl (C=O) groups is 1. The number of anilines is 1. The fourth-order valence-electron chi connectivity index (χ4n) is 4.80. The number of benzene rings is 1. The van der Waals surface area contributed by atoms with Crippen molar-refractivity contribution in [3.63, 3.8) is 0 Å². The first kappa shape index (κ1) is 19.9. The van der Waals surface area contributed by atoms with Crippen molar-refractivity contribution in [2.75, 3.05) is 25.1 Å². The fourth-order valence-corrected chi connectivity index (χ4v) is 4.80. The number of fused-ring (bicyclic) bond motifs is 2. The molecular weight excluding hydrogens is 404 g/mol. The van der Waals surface area contributed by atoms with E-state index >= 15 is 0 Å². The average molecular weight is 426 g/mol. The lowest BCUT2D eigenvalue weighted by Gasteiger charge is -2.42. The van der Waals surface area contributed by atoms with Gasteiger partial charge in [-0.15, -0.1) is 0 Å². The van der Waals surface area contributed by atoms with Crippen molar-refractivity contribution in [2.24, 2.45) is 0 Å². The first-order chi connectivity index (χ1) is 15.7. The van der Waals surface area contributed by atoms with Crippen molar-refractivity contribution in [2.45, 2.75) is 24.9 Å². The van der Waals surface area contributed by atoms with Gasteiger partial charge in [-0.2, -0.15) is 5.26 Å². The second-order valence-corrected chi connectivity index (χ2v) is 7.95. The molecule has 0 N–H and O–H groups in total. The Morgan fingerprint density at radius 1 is 1.03 bits per heavy atom. The van der Waals surface area contributed by atoms with Gasteiger partial charge in [-0.3, -0.25) is 4.79 Å². The van der Waals surface area contributed by atoms with E-state index in [0.29, 0.717) is 41.6 Å². The Morgan fingerprint density at radius 3 is 2.44 bits per heavy atom. The predicted octanol–water partition coefficient (Wildman–Crippen LogP) is 2.91. The highest BCUT2D eigenvalue weighted by Crippen LogP contribution is 2.40. The van der Waals surface area contributed by atoms with E-state index in [2.05, 4.69) is 25.9 Å². The van der Waals surface area contributed by atoms with Crippen molar-refractivity contribution < 1.29 is 9.53 Å². The maximum absolute atomic E-state index is 13.5. The highest BCUT2D eigenvalue weighted by atomic mass is 16.5. The number of carbonyl (C=O) groups excluding carboxylic acids is 1. The minimum absolute atomic E-state index is 0.0182. The van der Waals surface area contributed by atoms with Crippen molar-refractivity contribution in [3.8, 4) is 23.2 Å². The number of nitriles is 1. The third-order valence-electron chi connectivity index (χ3n) is 6.19. The summed E-state index contributed by atoms with van der Waals surface area (Å²) in [7, 11) is 1.56. The van der Waals surface area contributed by atoms with E-state index in [0.717, 1.165) is 18.4 Å². The number of ether oxygens (including phenoxy) is 1. The number of methoxy groups -OCH3 is 1. The molecule has 1 aromatic carbocycles. The molecule has 3 aromatic rings. The predicted molar refractivity (Wildman–Crippen MR) is 118 cm³/mol. The molecule has 2 saturated heterocycles. The number of nitrogens with zero attached hydrogens (tertiary/aromatic N) is 6. The van der Waals surface area contributed by atoms with Crippen molar-refractivity contribution in [1.29, 1.82) is 5.26 Å². The van der Waals surface area contributed by atoms with Gasteiger partial charge in [0.15, 0.2) is 17.4 Å². The maximum Gasteiger partial charge on any atom is 0.254 e. The van der Waals surface area contributed by atoms with Gasteiger partial charge in [-0.1, -0.05) is 18.2 Å². The zero-order valence-corrected chi connectivity index (χ0v) is 17.7. The van der Waals surface area contributed by atoms with E-state index in [4.69, 9.17) is 4.74 Å². The van der Waals surface area contributed by atoms with E-state index in [1.807, 2.05) is 29.2 Å². The number of pyridine rings is 1. The van der Waals surface area contributed by atoms with Gasteiger partial charge in [0.05, 0.1) is 18.2 Å². The molecule has 0 spiro atoms. The Morgan fingerprint density at radius 2 is 1.75 bits per heavy atom. The Hall–Kier alpha value is -3.99. The Bertz CT molecular complexity index is 1180. The molecule has 160 valence electrons. The second-order valence-electron chi connectivity index (χ2n) is 7.95. The van der Waals surface area contributed by atoms with Gasteiger partial charge in [0.1, 0.15) is 6.07 Å². The van der Waals surface area contributed by atoms with Gasteiger partial charge in [0, 0.05) is 49.3 Å². The van der Waals surface area contributed by atoms with Crippen LogP contribution in [-0.4, -0.2) is 58.0 Å². The van der Waals surface area contributed by atoms with Crippen LogP contribution in [0.4, 0.5) is 5.82 Å². The summed E-state index contributed by atoms with van der Waals surface area (Å²) in [5.74, 6) is 1.71. The van der Waals surface area contributed by atoms with Crippen LogP contribution in [0.15, 0.2) is 55.0 Å². The monoisotopic (exact) mass is 426 g/mol. The lowest BCUT2D eigenvalue weighted by atomic mass is 10.0. The normalized spacial score (nSPS) is 19.5. The molecule has 5 rings (SSSR count). The fraction of sp³-hybridized carbons (Fsp3) is 0.292. The molecule has 2 aliphatic rings. The molecule has 1 amide bonds. The third kappa shape index (κ3) is 3.32. The molecular formula is C24H22N6O2. The molecule has 2 aliphatic heterocycles. The lowest BCUT2D eigenvalue weighted by molar-refractivity contribution is 0.0718. The van der Waals surface area contributed by atoms with Gasteiger partial charge in [-0.25, -0.2) is 15.0 Å². The van der Waals surface area contributed by atoms with E-state index < -0.39 is 0 Å². The first-order valence-electron chi connectivity index (χ1n) is 10.6. The third-order valence-corrected chi connectivity index (χ3v) is 6.19. The van der Waals surface area contributed by atoms with Crippen LogP contribution in [0.25, 0.3) is 11.4 Å². The van der Waals surface area contributed by atoms with Crippen LogP contribution in [0.2, 0.25) is 0 Å². The smallest absolute Gasteiger partial charge is 0.254 e. The molecule has 2 bridgehead atoms. The zero-order valence-electron chi connectivity index (χ0n) is 17.7. The van der Waals surface area contributed by atoms with Crippen molar-refractivity contribution >= 4 is 11.7 Å². The largest absolute Gasteiger partial charge is 0.492 e. The van der Waals surface area contributed by atoms with E-state index in [9.17, 15) is 10.1 Å². The summed E-state index contributed by atoms with van der Waals surface area (Å²) in [6, 6.07) is 13.3. The van der Waals surface area contributed by atoms with Crippen LogP contribution in [0.3, 0.4) is 0 Å². The number of likely N-dealkylation sites (tertiary alicyclic amines) is 1. The second kappa shape index (κ2) is 8.27. The number of hydrogen-bond acceptors (Lipinski definition) is 7. The van der Waals surface area contributed by atoms with Crippen molar-refractivity contribution in [1.82, 2.24) is 19.9 Å². The van der Waals surface area contributed by atoms with Crippen LogP contribution >= 0.6 is 0 Å². The summed E-state index contributed by atoms with van der Waals surface area (Å²) in [4.78, 5) is 30.9. The van der Waals surface area contributed by atoms with Gasteiger partial charge < -0.3 is 14.5 Å². The molecule has 2 aromatic heterocycles. The Balaban J connectivity index is 1.43. The summed E-state index contributed by atoms with van der Waals surface area (Å²) in [5, 5.41) is 9.44. The SMILES string of the molecule is COc1c(C#N)ccnc1N1C2CCC1CN(C(=O)c1ccccc1-c1ncccn1)C2. The number of hydrogen-bond donors (Lipinski definition) is 0. The van der Waals surface area contributed by atoms with Gasteiger partial charge in [0.25, 0.3) is 5.91 Å². The van der Waals surface area contributed by atoms with Crippen molar-refractivity contribution in [3.05, 3.63) is 66.1 Å². The van der Waals surface area contributed by atoms with Crippen LogP contribution < -0.4 is 9.64 Å². The minimum Gasteiger partial charge on any atom is -0.492 e. The summed E-state index contributed by atoms with van der Waals surface area (Å²) in [6.45, 7) is 1.17. The molecule has 2 atom stereocenters. The summed E-state index contributed by atoms with van der Waals surface area (Å²) in [6.07, 6.45) is 6.92. The Kier molecular flexibility index (Phi) is 5.15. The standard InChI is InChI=1S/C24H22N6O2/c1-32-21-16(13-25)9-12-28-23(21)30-17-7-8-18(30)15-29(14-17)24(31)20-6-3-2-5-19(20)22-26-10-4-11-27-22/h2-6,9-12,17-18H,7-8,14-15H2,1H3. The number of rotatable bonds is 4. The van der Waals surface area contributed by atoms with E-state index in [1.165, 1.54) is 0 Å². The van der Waals surface area contributed by atoms with E-state index in [-0.39, 0.29) is 18.0 Å². The molecule has 4 heterocycles. The highest BCUT2D eigenvalue weighted by molar-refractivity contribution is 6.00. The number of piperazine rings is 1. The van der Waals surface area contributed by atoms with Gasteiger partial charge in [0.2, 0.25) is 0 Å². The molecule has 8 heteroatoms. The summed E-state index contributed by atoms with van der Waals surface area (Å²) < 4.78 is 5.53. The topological polar surface area (TPSA) is 95.2 Å². The average Bonchev–Trinajstić information content (AvgIpc) is 3.12. The molecule has 2 fully saturated rings. The van der Waals surface area contributed by atoms with E-state index in [1.54, 1.807) is 37.8 Å². The molecule has 2 unspecified atom stereocenters. The molecule has 32 heavy (non-hydrogen) atoms. The molecule has 0 aliphatic carbocycles. The molecule has 8 nitrogen and oxygen atoms in total. The van der Waals surface area contributed by atoms with Crippen LogP contribution in [0.1, 0.15) is 28.8 Å². The highest BCUT2D eigenvalue weighted by Gasteiger charge is 2.43. The number of amides is 1. The summed E-state index contributed by atoms with van der Waals surface area (Å²) in [5.41, 5.74) is 1.80. The minimum atomic E-state index is -0.0182. The number of aromatic nitrogens is 3. The van der Waals surface area contributed by atoms with Gasteiger partial charge >= 0.3 is 0 Å². The first-order valence-corrected chi connectivity index (χ1v) is 10.6.